The van der Waals surface area contributed by atoms with Crippen molar-refractivity contribution in [2.75, 3.05) is 0 Å². The van der Waals surface area contributed by atoms with Crippen molar-refractivity contribution < 1.29 is 120 Å². The van der Waals surface area contributed by atoms with Crippen LogP contribution in [-0.4, -0.2) is 36.1 Å². The zero-order valence-electron chi connectivity index (χ0n) is 18.8. The molecule has 35 heavy (non-hydrogen) atoms. The third-order valence-electron chi connectivity index (χ3n) is 4.06. The normalized spacial score (nSPS) is 11.7. The van der Waals surface area contributed by atoms with Crippen molar-refractivity contribution in [1.82, 2.24) is 10.2 Å². The van der Waals surface area contributed by atoms with E-state index >= 15 is 0 Å². The molecule has 0 amide bonds. The minimum Gasteiger partial charge on any atom is -0.856 e. The Morgan fingerprint density at radius 1 is 0.829 bits per heavy atom. The van der Waals surface area contributed by atoms with Gasteiger partial charge in [0, 0.05) is 17.0 Å². The molecule has 3 aromatic rings. The van der Waals surface area contributed by atoms with E-state index in [2.05, 4.69) is 30.2 Å². The number of aromatic amines is 1. The molecule has 0 aliphatic rings. The van der Waals surface area contributed by atoms with Crippen molar-refractivity contribution in [1.29, 1.82) is 0 Å². The van der Waals surface area contributed by atoms with Crippen LogP contribution in [0.4, 0.5) is 17.1 Å². The summed E-state index contributed by atoms with van der Waals surface area (Å²) in [5.41, 5.74) is -0.775. The molecular weight excluding hydrogens is 557 g/mol. The predicted molar refractivity (Wildman–Crippen MR) is 105 cm³/mol. The minimum atomic E-state index is -5.17. The van der Waals surface area contributed by atoms with E-state index in [1.54, 1.807) is 0 Å². The number of hydrogen-bond donors (Lipinski definition) is 1. The van der Waals surface area contributed by atoms with Crippen molar-refractivity contribution in [3.63, 3.8) is 0 Å². The number of azo groups is 1. The topological polar surface area (TPSA) is 216 Å². The molecule has 168 valence electrons. The first-order valence-corrected chi connectivity index (χ1v) is 11.4. The molecule has 1 N–H and O–H groups in total. The number of rotatable bonds is 6. The molecule has 0 saturated heterocycles. The van der Waals surface area contributed by atoms with Gasteiger partial charge < -0.3 is 14.2 Å². The first-order valence-electron chi connectivity index (χ1n) is 8.28. The fraction of sp³-hybridized carbons (Fsp3) is 0.0625. The molecule has 3 rings (SSSR count). The number of benzene rings is 2. The zero-order valence-corrected chi connectivity index (χ0v) is 27.1. The van der Waals surface area contributed by atoms with Crippen molar-refractivity contribution in [2.24, 2.45) is 20.0 Å². The molecule has 0 radical (unpaired) electrons. The molecule has 0 atom stereocenters. The first-order chi connectivity index (χ1) is 14.9. The van der Waals surface area contributed by atoms with Gasteiger partial charge in [-0.05, 0) is 31.2 Å². The first kappa shape index (κ1) is 34.8. The Kier molecular flexibility index (Phi) is 14.0. The van der Waals surface area contributed by atoms with Gasteiger partial charge in [0.05, 0.1) is 38.6 Å². The number of aromatic nitrogens is 2. The second-order valence-corrected chi connectivity index (χ2v) is 8.99. The quantitative estimate of drug-likeness (QED) is 0.172. The average molecular weight is 567 g/mol. The van der Waals surface area contributed by atoms with E-state index in [0.717, 1.165) is 24.3 Å². The molecule has 2 aromatic carbocycles. The molecule has 0 aliphatic heterocycles. The van der Waals surface area contributed by atoms with Crippen LogP contribution in [0, 0.1) is 6.92 Å². The van der Waals surface area contributed by atoms with Crippen LogP contribution in [-0.2, 0) is 20.2 Å². The van der Waals surface area contributed by atoms with Crippen molar-refractivity contribution >= 4 is 49.1 Å². The maximum absolute atomic E-state index is 11.9. The summed E-state index contributed by atoms with van der Waals surface area (Å²) in [6.45, 7) is 1.51. The molecule has 19 heteroatoms. The Morgan fingerprint density at radius 2 is 1.29 bits per heavy atom. The monoisotopic (exact) mass is 566 g/mol. The largest absolute Gasteiger partial charge is 1.00 e. The van der Waals surface area contributed by atoms with Gasteiger partial charge in [-0.1, -0.05) is 16.8 Å². The number of nitrogens with one attached hydrogen (secondary N) is 1. The van der Waals surface area contributed by atoms with Gasteiger partial charge in [-0.2, -0.15) is 10.2 Å². The average Bonchev–Trinajstić information content (AvgIpc) is 3.03. The Morgan fingerprint density at radius 3 is 1.66 bits per heavy atom. The van der Waals surface area contributed by atoms with E-state index in [-0.39, 0.29) is 117 Å². The third kappa shape index (κ3) is 8.65. The fourth-order valence-electron chi connectivity index (χ4n) is 2.68. The molecule has 0 unspecified atom stereocenters. The van der Waals surface area contributed by atoms with Crippen LogP contribution < -0.4 is 93.8 Å². The maximum Gasteiger partial charge on any atom is 1.00 e. The van der Waals surface area contributed by atoms with E-state index in [1.807, 2.05) is 0 Å². The van der Waals surface area contributed by atoms with Gasteiger partial charge in [0.25, 0.3) is 0 Å². The summed E-state index contributed by atoms with van der Waals surface area (Å²) < 4.78 is 73.8. The molecule has 0 spiro atoms. The summed E-state index contributed by atoms with van der Waals surface area (Å²) in [5.74, 6) is -0.695. The standard InChI is InChI=1S/C16H13ClN6O7S2.3Na/c1-8-15(16(24)22-18-8)21-19-9-2-4-11(13(6-9)31(25,26)27)12-5-3-10(20-23-17)7-14(12)32(28,29)30;;;/h2-7H,1H3,(H2,18,22,24)(H,25,26,27)(H,28,29,30);;;/q;3*+1/p-3. The van der Waals surface area contributed by atoms with E-state index in [1.165, 1.54) is 19.1 Å². The van der Waals surface area contributed by atoms with Gasteiger partial charge in [-0.25, -0.2) is 16.8 Å². The van der Waals surface area contributed by atoms with Crippen molar-refractivity contribution in [3.05, 3.63) is 42.1 Å². The molecule has 0 aliphatic carbocycles. The van der Waals surface area contributed by atoms with Gasteiger partial charge >= 0.3 is 88.7 Å². The van der Waals surface area contributed by atoms with Crippen molar-refractivity contribution in [3.8, 4) is 17.0 Å². The van der Waals surface area contributed by atoms with Crippen LogP contribution >= 0.6 is 11.8 Å². The van der Waals surface area contributed by atoms with Crippen LogP contribution in [0.15, 0.2) is 66.2 Å². The summed E-state index contributed by atoms with van der Waals surface area (Å²) >= 11 is 5.11. The summed E-state index contributed by atoms with van der Waals surface area (Å²) in [7, 11) is -10.3. The Hall–Kier alpha value is -0.240. The number of nitrogens with zero attached hydrogens (tertiary/aromatic N) is 5. The summed E-state index contributed by atoms with van der Waals surface area (Å²) in [5, 5.41) is 28.2. The van der Waals surface area contributed by atoms with Crippen LogP contribution in [0.1, 0.15) is 5.69 Å². The van der Waals surface area contributed by atoms with E-state index in [4.69, 9.17) is 11.8 Å². The molecule has 0 fully saturated rings. The Bertz CT molecular complexity index is 1460. The Labute approximate surface area is 271 Å². The van der Waals surface area contributed by atoms with Crippen molar-refractivity contribution in [2.45, 2.75) is 16.7 Å². The second kappa shape index (κ2) is 14.1. The SMILES string of the molecule is Cc1[nH]nc([O-])c1N=Nc1ccc(-c2ccc(N=NCl)cc2S(=O)(=O)[O-])c(S(=O)(=O)[O-])c1.[Na+].[Na+].[Na+]. The van der Waals surface area contributed by atoms with E-state index in [9.17, 15) is 31.0 Å². The molecule has 1 aromatic heterocycles. The number of H-pyrrole nitrogens is 1. The summed E-state index contributed by atoms with van der Waals surface area (Å²) in [4.78, 5) is -1.71. The van der Waals surface area contributed by atoms with Gasteiger partial charge in [-0.15, -0.1) is 10.2 Å². The maximum atomic E-state index is 11.9. The smallest absolute Gasteiger partial charge is 0.856 e. The van der Waals surface area contributed by atoms with E-state index in [0.29, 0.717) is 5.69 Å². The zero-order chi connectivity index (χ0) is 23.7. The van der Waals surface area contributed by atoms with Gasteiger partial charge in [0.1, 0.15) is 25.9 Å². The van der Waals surface area contributed by atoms with Crippen LogP contribution in [0.5, 0.6) is 5.88 Å². The van der Waals surface area contributed by atoms with Crippen LogP contribution in [0.25, 0.3) is 11.1 Å². The fourth-order valence-corrected chi connectivity index (χ4v) is 4.19. The predicted octanol–water partition coefficient (Wildman–Crippen LogP) is -6.07. The van der Waals surface area contributed by atoms with E-state index < -0.39 is 35.9 Å². The second-order valence-electron chi connectivity index (χ2n) is 6.15. The number of hydrogen-bond acceptors (Lipinski definition) is 12. The van der Waals surface area contributed by atoms with Gasteiger partial charge in [0.2, 0.25) is 0 Å². The molecule has 0 bridgehead atoms. The number of halogens is 1. The third-order valence-corrected chi connectivity index (χ3v) is 5.89. The summed E-state index contributed by atoms with van der Waals surface area (Å²) in [6, 6.07) is 6.23. The van der Waals surface area contributed by atoms with Gasteiger partial charge in [-0.3, -0.25) is 5.10 Å². The minimum absolute atomic E-state index is 0. The summed E-state index contributed by atoms with van der Waals surface area (Å²) in [6.07, 6.45) is 0. The number of aryl methyl sites for hydroxylation is 1. The van der Waals surface area contributed by atoms with Crippen LogP contribution in [0.3, 0.4) is 0 Å². The molecule has 0 saturated carbocycles. The van der Waals surface area contributed by atoms with Gasteiger partial charge in [0.15, 0.2) is 0 Å². The van der Waals surface area contributed by atoms with Crippen LogP contribution in [0.2, 0.25) is 0 Å². The Balaban J connectivity index is 0.00000385. The molecular formula is C16H10ClN6Na3O7S2. The molecule has 13 nitrogen and oxygen atoms in total. The molecule has 1 heterocycles.